The average molecular weight is 308 g/mol. The van der Waals surface area contributed by atoms with Crippen molar-refractivity contribution >= 4 is 37.0 Å². The second-order valence-corrected chi connectivity index (χ2v) is 8.33. The Bertz CT molecular complexity index is 561. The van der Waals surface area contributed by atoms with Gasteiger partial charge in [-0.15, -0.1) is 11.3 Å². The molecule has 18 heavy (non-hydrogen) atoms. The molecule has 1 fully saturated rings. The van der Waals surface area contributed by atoms with Crippen LogP contribution in [0.2, 0.25) is 0 Å². The first-order valence-electron chi connectivity index (χ1n) is 5.68. The number of nitrogens with one attached hydrogen (secondary N) is 1. The summed E-state index contributed by atoms with van der Waals surface area (Å²) in [7, 11) is 1.47. The number of halogens is 1. The Balaban J connectivity index is 1.99. The van der Waals surface area contributed by atoms with Gasteiger partial charge in [0.2, 0.25) is 0 Å². The van der Waals surface area contributed by atoms with Crippen LogP contribution in [0, 0.1) is 5.41 Å². The number of hydrogen-bond donors (Lipinski definition) is 1. The molecular weight excluding hydrogens is 294 g/mol. The molecule has 0 atom stereocenters. The van der Waals surface area contributed by atoms with Crippen LogP contribution in [-0.2, 0) is 9.05 Å². The molecule has 1 N–H and O–H groups in total. The molecule has 0 unspecified atom stereocenters. The number of hydrogen-bond acceptors (Lipinski definition) is 4. The van der Waals surface area contributed by atoms with Gasteiger partial charge in [-0.25, -0.2) is 8.42 Å². The highest BCUT2D eigenvalue weighted by atomic mass is 35.7. The summed E-state index contributed by atoms with van der Waals surface area (Å²) in [6.45, 7) is 2.77. The lowest BCUT2D eigenvalue weighted by Crippen LogP contribution is -2.29. The number of rotatable bonds is 5. The second-order valence-electron chi connectivity index (χ2n) is 4.63. The topological polar surface area (TPSA) is 63.2 Å². The Morgan fingerprint density at radius 2 is 2.22 bits per heavy atom. The molecule has 0 radical (unpaired) electrons. The van der Waals surface area contributed by atoms with Crippen LogP contribution in [0.3, 0.4) is 0 Å². The van der Waals surface area contributed by atoms with E-state index in [0.717, 1.165) is 30.6 Å². The van der Waals surface area contributed by atoms with Gasteiger partial charge < -0.3 is 5.32 Å². The van der Waals surface area contributed by atoms with Crippen molar-refractivity contribution < 1.29 is 13.2 Å². The smallest absolute Gasteiger partial charge is 0.270 e. The van der Waals surface area contributed by atoms with Crippen LogP contribution < -0.4 is 5.32 Å². The van der Waals surface area contributed by atoms with Crippen LogP contribution in [-0.4, -0.2) is 20.9 Å². The molecule has 1 saturated carbocycles. The van der Waals surface area contributed by atoms with Gasteiger partial charge in [-0.3, -0.25) is 4.79 Å². The van der Waals surface area contributed by atoms with E-state index in [0.29, 0.717) is 12.1 Å². The molecule has 1 amide bonds. The first kappa shape index (κ1) is 13.8. The van der Waals surface area contributed by atoms with Crippen LogP contribution in [0.4, 0.5) is 0 Å². The van der Waals surface area contributed by atoms with E-state index in [1.54, 1.807) is 0 Å². The largest absolute Gasteiger partial charge is 0.351 e. The van der Waals surface area contributed by atoms with Crippen LogP contribution in [0.5, 0.6) is 0 Å². The summed E-state index contributed by atoms with van der Waals surface area (Å²) in [6.07, 6.45) is 3.35. The summed E-state index contributed by atoms with van der Waals surface area (Å²) in [6, 6.07) is 1.31. The molecule has 1 aromatic heterocycles. The minimum Gasteiger partial charge on any atom is -0.351 e. The number of thiophene rings is 1. The van der Waals surface area contributed by atoms with Gasteiger partial charge in [0.1, 0.15) is 4.21 Å². The first-order valence-corrected chi connectivity index (χ1v) is 8.87. The molecule has 0 aliphatic heterocycles. The van der Waals surface area contributed by atoms with Crippen molar-refractivity contribution in [1.29, 1.82) is 0 Å². The minimum absolute atomic E-state index is 0.00550. The highest BCUT2D eigenvalue weighted by molar-refractivity contribution is 8.15. The van der Waals surface area contributed by atoms with Crippen molar-refractivity contribution in [2.24, 2.45) is 5.41 Å². The maximum atomic E-state index is 11.8. The van der Waals surface area contributed by atoms with Crippen LogP contribution >= 0.6 is 22.0 Å². The van der Waals surface area contributed by atoms with E-state index >= 15 is 0 Å². The summed E-state index contributed by atoms with van der Waals surface area (Å²) in [5.74, 6) is -0.238. The molecule has 0 aromatic carbocycles. The van der Waals surface area contributed by atoms with E-state index < -0.39 is 9.05 Å². The van der Waals surface area contributed by atoms with Gasteiger partial charge in [-0.1, -0.05) is 6.92 Å². The predicted molar refractivity (Wildman–Crippen MR) is 71.6 cm³/mol. The minimum atomic E-state index is -3.74. The maximum Gasteiger partial charge on any atom is 0.270 e. The standard InChI is InChI=1S/C11H14ClNO3S2/c1-2-11(3-4-11)7-13-10(14)8-5-9(17-6-8)18(12,15)16/h5-6H,2-4,7H2,1H3,(H,13,14). The van der Waals surface area contributed by atoms with E-state index in [1.807, 2.05) is 0 Å². The van der Waals surface area contributed by atoms with Gasteiger partial charge in [0.05, 0.1) is 5.56 Å². The zero-order valence-corrected chi connectivity index (χ0v) is 12.3. The number of amides is 1. The molecule has 1 heterocycles. The molecule has 0 spiro atoms. The Kier molecular flexibility index (Phi) is 3.71. The van der Waals surface area contributed by atoms with Gasteiger partial charge in [0.25, 0.3) is 15.0 Å². The third-order valence-electron chi connectivity index (χ3n) is 3.41. The zero-order valence-electron chi connectivity index (χ0n) is 9.90. The van der Waals surface area contributed by atoms with E-state index in [-0.39, 0.29) is 15.5 Å². The normalized spacial score (nSPS) is 17.4. The Morgan fingerprint density at radius 3 is 2.67 bits per heavy atom. The van der Waals surface area contributed by atoms with Gasteiger partial charge in [0.15, 0.2) is 0 Å². The summed E-state index contributed by atoms with van der Waals surface area (Å²) in [5.41, 5.74) is 0.624. The van der Waals surface area contributed by atoms with E-state index in [1.165, 1.54) is 11.4 Å². The molecule has 0 saturated heterocycles. The SMILES string of the molecule is CCC1(CNC(=O)c2csc(S(=O)(=O)Cl)c2)CC1. The van der Waals surface area contributed by atoms with Crippen molar-refractivity contribution in [2.45, 2.75) is 30.4 Å². The fourth-order valence-corrected chi connectivity index (χ4v) is 3.71. The van der Waals surface area contributed by atoms with Crippen LogP contribution in [0.25, 0.3) is 0 Å². The fourth-order valence-electron chi connectivity index (χ4n) is 1.77. The van der Waals surface area contributed by atoms with E-state index in [2.05, 4.69) is 12.2 Å². The summed E-state index contributed by atoms with van der Waals surface area (Å²) in [4.78, 5) is 11.8. The van der Waals surface area contributed by atoms with Crippen LogP contribution in [0.15, 0.2) is 15.7 Å². The molecule has 100 valence electrons. The Labute approximate surface area is 115 Å². The highest BCUT2D eigenvalue weighted by Crippen LogP contribution is 2.47. The lowest BCUT2D eigenvalue weighted by Gasteiger charge is -2.12. The van der Waals surface area contributed by atoms with E-state index in [9.17, 15) is 13.2 Å². The lowest BCUT2D eigenvalue weighted by molar-refractivity contribution is 0.0944. The molecule has 4 nitrogen and oxygen atoms in total. The summed E-state index contributed by atoms with van der Waals surface area (Å²) < 4.78 is 22.2. The zero-order chi connectivity index (χ0) is 13.4. The average Bonchev–Trinajstić information content (AvgIpc) is 2.90. The van der Waals surface area contributed by atoms with Gasteiger partial charge in [-0.05, 0) is 30.7 Å². The first-order chi connectivity index (χ1) is 8.36. The van der Waals surface area contributed by atoms with Gasteiger partial charge >= 0.3 is 0 Å². The van der Waals surface area contributed by atoms with Gasteiger partial charge in [0, 0.05) is 22.6 Å². The number of carbonyl (C=O) groups excluding carboxylic acids is 1. The number of carbonyl (C=O) groups is 1. The van der Waals surface area contributed by atoms with Gasteiger partial charge in [-0.2, -0.15) is 0 Å². The monoisotopic (exact) mass is 307 g/mol. The van der Waals surface area contributed by atoms with Crippen molar-refractivity contribution in [2.75, 3.05) is 6.54 Å². The Hall–Kier alpha value is -0.590. The third-order valence-corrected chi connectivity index (χ3v) is 6.45. The van der Waals surface area contributed by atoms with Crippen molar-refractivity contribution in [3.63, 3.8) is 0 Å². The molecule has 0 bridgehead atoms. The summed E-state index contributed by atoms with van der Waals surface area (Å²) in [5, 5.41) is 4.36. The Morgan fingerprint density at radius 1 is 1.56 bits per heavy atom. The van der Waals surface area contributed by atoms with Crippen molar-refractivity contribution in [3.05, 3.63) is 17.0 Å². The molecule has 1 aliphatic carbocycles. The quantitative estimate of drug-likeness (QED) is 0.850. The molecule has 1 aliphatic rings. The van der Waals surface area contributed by atoms with Crippen molar-refractivity contribution in [3.8, 4) is 0 Å². The molecule has 2 rings (SSSR count). The maximum absolute atomic E-state index is 11.8. The molecular formula is C11H14ClNO3S2. The van der Waals surface area contributed by atoms with E-state index in [4.69, 9.17) is 10.7 Å². The summed E-state index contributed by atoms with van der Waals surface area (Å²) >= 11 is 0.959. The molecule has 7 heteroatoms. The fraction of sp³-hybridized carbons (Fsp3) is 0.545. The predicted octanol–water partition coefficient (Wildman–Crippen LogP) is 2.60. The second kappa shape index (κ2) is 4.83. The van der Waals surface area contributed by atoms with Crippen LogP contribution in [0.1, 0.15) is 36.5 Å². The highest BCUT2D eigenvalue weighted by Gasteiger charge is 2.40. The molecule has 1 aromatic rings. The lowest BCUT2D eigenvalue weighted by atomic mass is 10.0. The van der Waals surface area contributed by atoms with Crippen molar-refractivity contribution in [1.82, 2.24) is 5.32 Å². The third kappa shape index (κ3) is 3.05.